The second kappa shape index (κ2) is 5.44. The van der Waals surface area contributed by atoms with Gasteiger partial charge >= 0.3 is 0 Å². The van der Waals surface area contributed by atoms with Gasteiger partial charge in [-0.25, -0.2) is 0 Å². The molecule has 2 atom stereocenters. The van der Waals surface area contributed by atoms with Gasteiger partial charge in [-0.05, 0) is 61.5 Å². The van der Waals surface area contributed by atoms with Gasteiger partial charge in [-0.3, -0.25) is 0 Å². The summed E-state index contributed by atoms with van der Waals surface area (Å²) < 4.78 is 0. The molecule has 0 amide bonds. The Balaban J connectivity index is 1.60. The van der Waals surface area contributed by atoms with Crippen LogP contribution >= 0.6 is 0 Å². The van der Waals surface area contributed by atoms with E-state index in [0.717, 1.165) is 11.8 Å². The van der Waals surface area contributed by atoms with Gasteiger partial charge in [0.15, 0.2) is 0 Å². The fraction of sp³-hybridized carbons (Fsp3) is 0.647. The van der Waals surface area contributed by atoms with E-state index in [0.29, 0.717) is 6.04 Å². The Labute approximate surface area is 111 Å². The third-order valence-corrected chi connectivity index (χ3v) is 4.91. The first kappa shape index (κ1) is 12.2. The summed E-state index contributed by atoms with van der Waals surface area (Å²) in [5.41, 5.74) is 9.06. The molecule has 2 aliphatic carbocycles. The van der Waals surface area contributed by atoms with Crippen LogP contribution in [-0.4, -0.2) is 6.04 Å². The number of hydrogen-bond donors (Lipinski definition) is 1. The van der Waals surface area contributed by atoms with Crippen LogP contribution in [0.2, 0.25) is 0 Å². The van der Waals surface area contributed by atoms with Gasteiger partial charge in [-0.2, -0.15) is 0 Å². The van der Waals surface area contributed by atoms with Crippen molar-refractivity contribution >= 4 is 0 Å². The molecular weight excluding hydrogens is 218 g/mol. The minimum absolute atomic E-state index is 0.466. The first-order chi connectivity index (χ1) is 8.81. The van der Waals surface area contributed by atoms with Crippen molar-refractivity contribution < 1.29 is 0 Å². The maximum atomic E-state index is 5.99. The molecule has 2 aliphatic rings. The Hall–Kier alpha value is -0.820. The first-order valence-corrected chi connectivity index (χ1v) is 7.65. The van der Waals surface area contributed by atoms with Crippen molar-refractivity contribution in [2.24, 2.45) is 11.7 Å². The van der Waals surface area contributed by atoms with E-state index >= 15 is 0 Å². The Morgan fingerprint density at radius 3 is 2.28 bits per heavy atom. The van der Waals surface area contributed by atoms with Crippen molar-refractivity contribution in [2.75, 3.05) is 0 Å². The monoisotopic (exact) mass is 243 g/mol. The summed E-state index contributed by atoms with van der Waals surface area (Å²) in [6.07, 6.45) is 10.7. The van der Waals surface area contributed by atoms with E-state index in [-0.39, 0.29) is 0 Å². The lowest BCUT2D eigenvalue weighted by Crippen LogP contribution is -2.15. The van der Waals surface area contributed by atoms with Crippen LogP contribution in [0.15, 0.2) is 24.3 Å². The summed E-state index contributed by atoms with van der Waals surface area (Å²) in [7, 11) is 0. The molecule has 0 aliphatic heterocycles. The Kier molecular flexibility index (Phi) is 3.69. The standard InChI is InChI=1S/C17H25N/c18-17-10-7-14(12-17)11-13-5-8-16(9-6-13)15-3-1-2-4-15/h5-6,8-9,14-15,17H,1-4,7,10-12,18H2. The molecule has 0 spiro atoms. The van der Waals surface area contributed by atoms with Crippen LogP contribution in [0.25, 0.3) is 0 Å². The van der Waals surface area contributed by atoms with Crippen LogP contribution < -0.4 is 5.73 Å². The largest absolute Gasteiger partial charge is 0.328 e. The van der Waals surface area contributed by atoms with Gasteiger partial charge in [0.25, 0.3) is 0 Å². The predicted octanol–water partition coefficient (Wildman–Crippen LogP) is 4.01. The molecule has 3 rings (SSSR count). The Morgan fingerprint density at radius 2 is 1.67 bits per heavy atom. The highest BCUT2D eigenvalue weighted by atomic mass is 14.6. The zero-order valence-electron chi connectivity index (χ0n) is 11.3. The first-order valence-electron chi connectivity index (χ1n) is 7.65. The van der Waals surface area contributed by atoms with Crippen molar-refractivity contribution in [3.63, 3.8) is 0 Å². The Morgan fingerprint density at radius 1 is 0.944 bits per heavy atom. The lowest BCUT2D eigenvalue weighted by molar-refractivity contribution is 0.535. The molecular formula is C17H25N. The maximum absolute atomic E-state index is 5.99. The van der Waals surface area contributed by atoms with Gasteiger partial charge in [0.2, 0.25) is 0 Å². The molecule has 1 heteroatoms. The van der Waals surface area contributed by atoms with E-state index in [2.05, 4.69) is 24.3 Å². The molecule has 2 saturated carbocycles. The van der Waals surface area contributed by atoms with Gasteiger partial charge in [0.1, 0.15) is 0 Å². The summed E-state index contributed by atoms with van der Waals surface area (Å²) in [6, 6.07) is 9.93. The van der Waals surface area contributed by atoms with Crippen LogP contribution in [0.3, 0.4) is 0 Å². The molecule has 0 bridgehead atoms. The predicted molar refractivity (Wildman–Crippen MR) is 76.7 cm³/mol. The second-order valence-corrected chi connectivity index (χ2v) is 6.37. The van der Waals surface area contributed by atoms with E-state index in [4.69, 9.17) is 5.73 Å². The molecule has 1 aromatic carbocycles. The SMILES string of the molecule is NC1CCC(Cc2ccc(C3CCCC3)cc2)C1. The third-order valence-electron chi connectivity index (χ3n) is 4.91. The minimum atomic E-state index is 0.466. The van der Waals surface area contributed by atoms with Gasteiger partial charge in [0, 0.05) is 6.04 Å². The average molecular weight is 243 g/mol. The van der Waals surface area contributed by atoms with Crippen molar-refractivity contribution in [1.29, 1.82) is 0 Å². The lowest BCUT2D eigenvalue weighted by Gasteiger charge is -2.12. The fourth-order valence-electron chi connectivity index (χ4n) is 3.82. The molecule has 2 N–H and O–H groups in total. The van der Waals surface area contributed by atoms with Crippen molar-refractivity contribution in [3.8, 4) is 0 Å². The highest BCUT2D eigenvalue weighted by Gasteiger charge is 2.22. The van der Waals surface area contributed by atoms with Crippen LogP contribution in [0, 0.1) is 5.92 Å². The van der Waals surface area contributed by atoms with Crippen LogP contribution in [0.4, 0.5) is 0 Å². The number of rotatable bonds is 3. The van der Waals surface area contributed by atoms with E-state index < -0.39 is 0 Å². The topological polar surface area (TPSA) is 26.0 Å². The molecule has 0 radical (unpaired) electrons. The highest BCUT2D eigenvalue weighted by Crippen LogP contribution is 2.34. The van der Waals surface area contributed by atoms with Crippen molar-refractivity contribution in [1.82, 2.24) is 0 Å². The minimum Gasteiger partial charge on any atom is -0.328 e. The third kappa shape index (κ3) is 2.77. The zero-order chi connectivity index (χ0) is 12.4. The lowest BCUT2D eigenvalue weighted by atomic mass is 9.93. The van der Waals surface area contributed by atoms with Gasteiger partial charge in [-0.15, -0.1) is 0 Å². The average Bonchev–Trinajstić information content (AvgIpc) is 3.02. The van der Waals surface area contributed by atoms with Gasteiger partial charge < -0.3 is 5.73 Å². The fourth-order valence-corrected chi connectivity index (χ4v) is 3.82. The van der Waals surface area contributed by atoms with Crippen molar-refractivity contribution in [3.05, 3.63) is 35.4 Å². The number of benzene rings is 1. The highest BCUT2D eigenvalue weighted by molar-refractivity contribution is 5.26. The molecule has 98 valence electrons. The summed E-state index contributed by atoms with van der Waals surface area (Å²) in [4.78, 5) is 0. The zero-order valence-corrected chi connectivity index (χ0v) is 11.3. The maximum Gasteiger partial charge on any atom is 0.00416 e. The number of nitrogens with two attached hydrogens (primary N) is 1. The van der Waals surface area contributed by atoms with E-state index in [1.54, 1.807) is 5.56 Å². The van der Waals surface area contributed by atoms with E-state index in [9.17, 15) is 0 Å². The molecule has 1 nitrogen and oxygen atoms in total. The smallest absolute Gasteiger partial charge is 0.00416 e. The molecule has 1 aromatic rings. The number of hydrogen-bond acceptors (Lipinski definition) is 1. The molecule has 18 heavy (non-hydrogen) atoms. The normalized spacial score (nSPS) is 28.9. The van der Waals surface area contributed by atoms with Crippen LogP contribution in [0.5, 0.6) is 0 Å². The molecule has 0 saturated heterocycles. The van der Waals surface area contributed by atoms with Crippen molar-refractivity contribution in [2.45, 2.75) is 63.3 Å². The molecule has 2 fully saturated rings. The second-order valence-electron chi connectivity index (χ2n) is 6.37. The summed E-state index contributed by atoms with van der Waals surface area (Å²) >= 11 is 0. The quantitative estimate of drug-likeness (QED) is 0.852. The van der Waals surface area contributed by atoms with Gasteiger partial charge in [0.05, 0.1) is 0 Å². The molecule has 0 heterocycles. The van der Waals surface area contributed by atoms with Crippen LogP contribution in [-0.2, 0) is 6.42 Å². The van der Waals surface area contributed by atoms with E-state index in [1.807, 2.05) is 0 Å². The summed E-state index contributed by atoms with van der Waals surface area (Å²) in [5.74, 6) is 1.68. The van der Waals surface area contributed by atoms with E-state index in [1.165, 1.54) is 56.9 Å². The van der Waals surface area contributed by atoms with Gasteiger partial charge in [-0.1, -0.05) is 37.1 Å². The Bertz CT molecular complexity index is 375. The van der Waals surface area contributed by atoms with Crippen LogP contribution in [0.1, 0.15) is 62.0 Å². The summed E-state index contributed by atoms with van der Waals surface area (Å²) in [6.45, 7) is 0. The molecule has 0 aromatic heterocycles. The molecule has 2 unspecified atom stereocenters. The summed E-state index contributed by atoms with van der Waals surface area (Å²) in [5, 5.41) is 0.